The molecule has 0 radical (unpaired) electrons. The fourth-order valence-corrected chi connectivity index (χ4v) is 4.82. The Morgan fingerprint density at radius 2 is 1.87 bits per heavy atom. The van der Waals surface area contributed by atoms with Gasteiger partial charge in [-0.05, 0) is 51.0 Å². The van der Waals surface area contributed by atoms with Crippen molar-refractivity contribution in [2.45, 2.75) is 43.4 Å². The lowest BCUT2D eigenvalue weighted by atomic mass is 9.95. The second kappa shape index (κ2) is 9.56. The van der Waals surface area contributed by atoms with Gasteiger partial charge in [0.25, 0.3) is 5.91 Å². The normalized spacial score (nSPS) is 14.9. The molecule has 2 amide bonds. The summed E-state index contributed by atoms with van der Waals surface area (Å²) in [6.45, 7) is 5.16. The largest absolute Gasteiger partial charge is 0.354 e. The van der Waals surface area contributed by atoms with Crippen LogP contribution in [0.1, 0.15) is 42.7 Å². The molecule has 1 fully saturated rings. The van der Waals surface area contributed by atoms with E-state index in [-0.39, 0.29) is 23.8 Å². The average Bonchev–Trinajstić information content (AvgIpc) is 3.20. The molecule has 0 unspecified atom stereocenters. The molecule has 4 rings (SSSR count). The summed E-state index contributed by atoms with van der Waals surface area (Å²) in [4.78, 5) is 33.0. The van der Waals surface area contributed by atoms with Gasteiger partial charge in [0, 0.05) is 48.1 Å². The molecule has 0 spiro atoms. The van der Waals surface area contributed by atoms with Gasteiger partial charge in [-0.3, -0.25) is 9.59 Å². The smallest absolute Gasteiger partial charge is 0.254 e. The molecule has 1 saturated heterocycles. The van der Waals surface area contributed by atoms with Crippen LogP contribution in [-0.2, 0) is 10.5 Å². The van der Waals surface area contributed by atoms with Gasteiger partial charge in [0.2, 0.25) is 5.91 Å². The van der Waals surface area contributed by atoms with Gasteiger partial charge in [-0.15, -0.1) is 11.8 Å². The summed E-state index contributed by atoms with van der Waals surface area (Å²) in [6.07, 6.45) is 5.43. The highest BCUT2D eigenvalue weighted by Gasteiger charge is 2.28. The van der Waals surface area contributed by atoms with Crippen molar-refractivity contribution in [3.8, 4) is 0 Å². The van der Waals surface area contributed by atoms with Gasteiger partial charge in [0.05, 0.1) is 11.3 Å². The Morgan fingerprint density at radius 1 is 1.13 bits per heavy atom. The Labute approximate surface area is 187 Å². The van der Waals surface area contributed by atoms with Crippen molar-refractivity contribution in [2.24, 2.45) is 5.92 Å². The molecule has 0 aliphatic carbocycles. The number of fused-ring (bicyclic) bond motifs is 1. The number of benzene rings is 1. The van der Waals surface area contributed by atoms with Crippen LogP contribution in [0.2, 0.25) is 0 Å². The predicted octanol–water partition coefficient (Wildman–Crippen LogP) is 4.00. The van der Waals surface area contributed by atoms with E-state index in [1.54, 1.807) is 11.8 Å². The zero-order chi connectivity index (χ0) is 21.8. The van der Waals surface area contributed by atoms with Crippen LogP contribution in [0.4, 0.5) is 0 Å². The maximum absolute atomic E-state index is 13.2. The first kappa shape index (κ1) is 21.4. The van der Waals surface area contributed by atoms with Crippen LogP contribution in [0.5, 0.6) is 0 Å². The lowest BCUT2D eigenvalue weighted by molar-refractivity contribution is -0.126. The minimum Gasteiger partial charge on any atom is -0.354 e. The summed E-state index contributed by atoms with van der Waals surface area (Å²) in [5.41, 5.74) is 2.63. The number of imidazole rings is 1. The summed E-state index contributed by atoms with van der Waals surface area (Å²) in [7, 11) is 0. The van der Waals surface area contributed by atoms with Crippen molar-refractivity contribution >= 4 is 29.2 Å². The number of hydrogen-bond acceptors (Lipinski definition) is 4. The van der Waals surface area contributed by atoms with E-state index in [1.165, 1.54) is 0 Å². The zero-order valence-electron chi connectivity index (χ0n) is 18.0. The van der Waals surface area contributed by atoms with Crippen LogP contribution < -0.4 is 5.32 Å². The highest BCUT2D eigenvalue weighted by Crippen LogP contribution is 2.28. The Hall–Kier alpha value is -2.80. The predicted molar refractivity (Wildman–Crippen MR) is 123 cm³/mol. The average molecular weight is 437 g/mol. The molecule has 1 aliphatic rings. The van der Waals surface area contributed by atoms with Crippen LogP contribution in [0.15, 0.2) is 59.8 Å². The third-order valence-corrected chi connectivity index (χ3v) is 6.60. The lowest BCUT2D eigenvalue weighted by Crippen LogP contribution is -2.44. The van der Waals surface area contributed by atoms with E-state index in [0.717, 1.165) is 21.8 Å². The van der Waals surface area contributed by atoms with E-state index in [1.807, 2.05) is 78.0 Å². The SMILES string of the molecule is CC(C)NC(=O)C1CCN(C(=O)c2ccccc2SCc2cn3ccccc3n2)CC1. The molecule has 3 heterocycles. The van der Waals surface area contributed by atoms with E-state index in [2.05, 4.69) is 10.3 Å². The van der Waals surface area contributed by atoms with Gasteiger partial charge in [-0.1, -0.05) is 18.2 Å². The van der Waals surface area contributed by atoms with Gasteiger partial charge in [0.1, 0.15) is 5.65 Å². The first-order valence-electron chi connectivity index (χ1n) is 10.8. The van der Waals surface area contributed by atoms with Crippen molar-refractivity contribution in [1.29, 1.82) is 0 Å². The number of aromatic nitrogens is 2. The molecule has 1 N–H and O–H groups in total. The lowest BCUT2D eigenvalue weighted by Gasteiger charge is -2.32. The fourth-order valence-electron chi connectivity index (χ4n) is 3.90. The quantitative estimate of drug-likeness (QED) is 0.593. The van der Waals surface area contributed by atoms with Crippen LogP contribution in [0.25, 0.3) is 5.65 Å². The van der Waals surface area contributed by atoms with E-state index < -0.39 is 0 Å². The molecule has 6 nitrogen and oxygen atoms in total. The van der Waals surface area contributed by atoms with Gasteiger partial charge >= 0.3 is 0 Å². The van der Waals surface area contributed by atoms with Crippen molar-refractivity contribution < 1.29 is 9.59 Å². The first-order valence-corrected chi connectivity index (χ1v) is 11.7. The van der Waals surface area contributed by atoms with Gasteiger partial charge < -0.3 is 14.6 Å². The molecule has 0 atom stereocenters. The van der Waals surface area contributed by atoms with Crippen molar-refractivity contribution in [3.63, 3.8) is 0 Å². The van der Waals surface area contributed by atoms with E-state index in [4.69, 9.17) is 0 Å². The number of hydrogen-bond donors (Lipinski definition) is 1. The molecule has 2 aromatic heterocycles. The minimum absolute atomic E-state index is 0.00823. The molecule has 1 aromatic carbocycles. The van der Waals surface area contributed by atoms with Crippen molar-refractivity contribution in [2.75, 3.05) is 13.1 Å². The third-order valence-electron chi connectivity index (χ3n) is 5.49. The summed E-state index contributed by atoms with van der Waals surface area (Å²) in [5, 5.41) is 2.99. The number of likely N-dealkylation sites (tertiary alicyclic amines) is 1. The Morgan fingerprint density at radius 3 is 2.61 bits per heavy atom. The van der Waals surface area contributed by atoms with E-state index in [9.17, 15) is 9.59 Å². The van der Waals surface area contributed by atoms with Crippen molar-refractivity contribution in [3.05, 3.63) is 66.1 Å². The minimum atomic E-state index is -0.00823. The molecule has 3 aromatic rings. The van der Waals surface area contributed by atoms with Crippen molar-refractivity contribution in [1.82, 2.24) is 19.6 Å². The molecular formula is C24H28N4O2S. The maximum Gasteiger partial charge on any atom is 0.254 e. The molecule has 1 aliphatic heterocycles. The topological polar surface area (TPSA) is 66.7 Å². The number of piperidine rings is 1. The van der Waals surface area contributed by atoms with Gasteiger partial charge in [-0.25, -0.2) is 4.98 Å². The van der Waals surface area contributed by atoms with Crippen LogP contribution in [0, 0.1) is 5.92 Å². The molecule has 162 valence electrons. The molecule has 0 saturated carbocycles. The summed E-state index contributed by atoms with van der Waals surface area (Å²) >= 11 is 1.63. The maximum atomic E-state index is 13.2. The number of rotatable bonds is 6. The van der Waals surface area contributed by atoms with E-state index in [0.29, 0.717) is 31.7 Å². The number of pyridine rings is 1. The number of nitrogens with zero attached hydrogens (tertiary/aromatic N) is 3. The Bertz CT molecular complexity index is 1040. The zero-order valence-corrected chi connectivity index (χ0v) is 18.8. The number of thioether (sulfide) groups is 1. The number of amides is 2. The van der Waals surface area contributed by atoms with Crippen LogP contribution in [-0.4, -0.2) is 45.2 Å². The summed E-state index contributed by atoms with van der Waals surface area (Å²) < 4.78 is 2.01. The first-order chi connectivity index (χ1) is 15.0. The van der Waals surface area contributed by atoms with E-state index >= 15 is 0 Å². The van der Waals surface area contributed by atoms with Crippen LogP contribution >= 0.6 is 11.8 Å². The third kappa shape index (κ3) is 5.10. The fraction of sp³-hybridized carbons (Fsp3) is 0.375. The highest BCUT2D eigenvalue weighted by atomic mass is 32.2. The monoisotopic (exact) mass is 436 g/mol. The summed E-state index contributed by atoms with van der Waals surface area (Å²) in [6, 6.07) is 13.8. The molecule has 7 heteroatoms. The molecule has 31 heavy (non-hydrogen) atoms. The Kier molecular flexibility index (Phi) is 6.61. The molecular weight excluding hydrogens is 408 g/mol. The van der Waals surface area contributed by atoms with Gasteiger partial charge in [-0.2, -0.15) is 0 Å². The second-order valence-electron chi connectivity index (χ2n) is 8.21. The Balaban J connectivity index is 1.40. The number of carbonyl (C=O) groups excluding carboxylic acids is 2. The highest BCUT2D eigenvalue weighted by molar-refractivity contribution is 7.98. The number of carbonyl (C=O) groups is 2. The summed E-state index contributed by atoms with van der Waals surface area (Å²) in [5.74, 6) is 0.834. The second-order valence-corrected chi connectivity index (χ2v) is 9.23. The molecule has 0 bridgehead atoms. The van der Waals surface area contributed by atoms with Gasteiger partial charge in [0.15, 0.2) is 0 Å². The number of nitrogens with one attached hydrogen (secondary N) is 1. The standard InChI is InChI=1S/C24H28N4O2S/c1-17(2)25-23(29)18-10-13-27(14-11-18)24(30)20-7-3-4-8-21(20)31-16-19-15-28-12-6-5-9-22(28)26-19/h3-9,12,15,17-18H,10-11,13-14,16H2,1-2H3,(H,25,29). The van der Waals surface area contributed by atoms with Crippen LogP contribution in [0.3, 0.4) is 0 Å².